The maximum Gasteiger partial charge on any atom is 0.325 e. The first-order chi connectivity index (χ1) is 18.7. The normalized spacial score (nSPS) is 19.8. The molecule has 5 N–H and O–H groups in total. The molecule has 0 aromatic carbocycles. The molecule has 0 spiro atoms. The number of primary amides is 1. The molecule has 40 heavy (non-hydrogen) atoms. The molecular weight excluding hydrogens is 518 g/mol. The molecule has 5 amide bonds. The molecule has 1 heterocycles. The second-order valence-electron chi connectivity index (χ2n) is 12.2. The van der Waals surface area contributed by atoms with Crippen LogP contribution in [0.25, 0.3) is 0 Å². The van der Waals surface area contributed by atoms with Crippen LogP contribution >= 0.6 is 0 Å². The average Bonchev–Trinajstić information content (AvgIpc) is 3.48. The van der Waals surface area contributed by atoms with Gasteiger partial charge in [-0.05, 0) is 44.4 Å². The highest BCUT2D eigenvalue weighted by atomic mass is 16.5. The fourth-order valence-corrected chi connectivity index (χ4v) is 4.36. The molecule has 2 saturated carbocycles. The zero-order valence-corrected chi connectivity index (χ0v) is 24.5. The number of hydrogen-bond donors (Lipinski definition) is 4. The zero-order chi connectivity index (χ0) is 30.0. The molecular formula is C28H47N5O7. The molecule has 12 nitrogen and oxygen atoms in total. The number of urea groups is 1. The summed E-state index contributed by atoms with van der Waals surface area (Å²) in [5.41, 5.74) is 4.44. The molecule has 12 heteroatoms. The third-order valence-corrected chi connectivity index (χ3v) is 7.13. The fourth-order valence-electron chi connectivity index (χ4n) is 4.36. The number of nitrogens with zero attached hydrogens (tertiary/aromatic N) is 1. The molecule has 2 unspecified atom stereocenters. The van der Waals surface area contributed by atoms with Gasteiger partial charge >= 0.3 is 12.0 Å². The van der Waals surface area contributed by atoms with E-state index in [1.54, 1.807) is 34.6 Å². The summed E-state index contributed by atoms with van der Waals surface area (Å²) in [6.45, 7) is 8.62. The van der Waals surface area contributed by atoms with E-state index < -0.39 is 59.0 Å². The highest BCUT2D eigenvalue weighted by molar-refractivity contribution is 6.37. The summed E-state index contributed by atoms with van der Waals surface area (Å²) in [5, 5.41) is 7.63. The van der Waals surface area contributed by atoms with Crippen LogP contribution in [0, 0.1) is 11.3 Å². The number of carbonyl (C=O) groups excluding carboxylic acids is 6. The van der Waals surface area contributed by atoms with Crippen molar-refractivity contribution in [3.05, 3.63) is 0 Å². The van der Waals surface area contributed by atoms with Gasteiger partial charge in [-0.2, -0.15) is 0 Å². The van der Waals surface area contributed by atoms with E-state index in [1.807, 2.05) is 0 Å². The molecule has 0 aromatic heterocycles. The van der Waals surface area contributed by atoms with E-state index in [0.29, 0.717) is 25.8 Å². The fraction of sp³-hybridized carbons (Fsp3) is 0.786. The maximum absolute atomic E-state index is 13.5. The van der Waals surface area contributed by atoms with Crippen molar-refractivity contribution in [3.63, 3.8) is 0 Å². The minimum Gasteiger partial charge on any atom is -0.462 e. The number of amides is 5. The van der Waals surface area contributed by atoms with Crippen molar-refractivity contribution in [1.29, 1.82) is 0 Å². The van der Waals surface area contributed by atoms with Crippen molar-refractivity contribution >= 4 is 35.5 Å². The Morgan fingerprint density at radius 1 is 0.925 bits per heavy atom. The predicted molar refractivity (Wildman–Crippen MR) is 148 cm³/mol. The van der Waals surface area contributed by atoms with Crippen LogP contribution in [0.1, 0.15) is 92.4 Å². The van der Waals surface area contributed by atoms with Crippen LogP contribution in [0.4, 0.5) is 4.79 Å². The van der Waals surface area contributed by atoms with Crippen LogP contribution in [0.2, 0.25) is 0 Å². The van der Waals surface area contributed by atoms with E-state index in [2.05, 4.69) is 16.0 Å². The quantitative estimate of drug-likeness (QED) is 0.217. The summed E-state index contributed by atoms with van der Waals surface area (Å²) in [6, 6.07) is -3.59. The summed E-state index contributed by atoms with van der Waals surface area (Å²) in [7, 11) is 0. The molecule has 3 rings (SSSR count). The lowest BCUT2D eigenvalue weighted by Gasteiger charge is -2.35. The average molecular weight is 566 g/mol. The van der Waals surface area contributed by atoms with E-state index in [-0.39, 0.29) is 18.6 Å². The lowest BCUT2D eigenvalue weighted by Crippen LogP contribution is -2.60. The largest absolute Gasteiger partial charge is 0.462 e. The molecule has 3 aliphatic rings. The van der Waals surface area contributed by atoms with Crippen LogP contribution in [0.15, 0.2) is 0 Å². The van der Waals surface area contributed by atoms with Crippen molar-refractivity contribution < 1.29 is 33.5 Å². The van der Waals surface area contributed by atoms with Gasteiger partial charge in [0.1, 0.15) is 18.6 Å². The van der Waals surface area contributed by atoms with Crippen molar-refractivity contribution in [2.45, 2.75) is 117 Å². The maximum atomic E-state index is 13.5. The first kappa shape index (κ1) is 33.0. The second kappa shape index (κ2) is 15.0. The van der Waals surface area contributed by atoms with Gasteiger partial charge in [0.05, 0.1) is 12.1 Å². The lowest BCUT2D eigenvalue weighted by atomic mass is 9.85. The van der Waals surface area contributed by atoms with Gasteiger partial charge in [-0.25, -0.2) is 4.79 Å². The van der Waals surface area contributed by atoms with Gasteiger partial charge in [-0.3, -0.25) is 24.0 Å². The van der Waals surface area contributed by atoms with Crippen molar-refractivity contribution in [2.24, 2.45) is 17.1 Å². The Morgan fingerprint density at radius 3 is 2.00 bits per heavy atom. The molecule has 226 valence electrons. The van der Waals surface area contributed by atoms with Crippen LogP contribution in [0.5, 0.6) is 0 Å². The number of likely N-dealkylation sites (tertiary alicyclic amines) is 1. The minimum atomic E-state index is -1.11. The Balaban J connectivity index is 0.00000128. The highest BCUT2D eigenvalue weighted by Gasteiger charge is 2.43. The highest BCUT2D eigenvalue weighted by Crippen LogP contribution is 2.34. The number of ether oxygens (including phenoxy) is 1. The molecule has 0 aromatic rings. The molecule has 0 bridgehead atoms. The van der Waals surface area contributed by atoms with Crippen LogP contribution < -0.4 is 21.7 Å². The van der Waals surface area contributed by atoms with E-state index in [4.69, 9.17) is 10.5 Å². The summed E-state index contributed by atoms with van der Waals surface area (Å²) in [4.78, 5) is 75.9. The summed E-state index contributed by atoms with van der Waals surface area (Å²) in [5.74, 6) is -3.31. The number of hydrogen-bond acceptors (Lipinski definition) is 7. The summed E-state index contributed by atoms with van der Waals surface area (Å²) >= 11 is 0. The molecule has 2 aliphatic carbocycles. The zero-order valence-electron chi connectivity index (χ0n) is 24.5. The van der Waals surface area contributed by atoms with Gasteiger partial charge in [0.2, 0.25) is 17.6 Å². The summed E-state index contributed by atoms with van der Waals surface area (Å²) < 4.78 is 4.98. The number of carbonyl (C=O) groups is 6. The van der Waals surface area contributed by atoms with Crippen molar-refractivity contribution in [1.82, 2.24) is 20.9 Å². The third-order valence-electron chi connectivity index (χ3n) is 7.13. The van der Waals surface area contributed by atoms with Crippen LogP contribution in [0.3, 0.4) is 0 Å². The van der Waals surface area contributed by atoms with E-state index in [1.165, 1.54) is 30.6 Å². The summed E-state index contributed by atoms with van der Waals surface area (Å²) in [6.07, 6.45) is 8.78. The number of esters is 1. The molecule has 1 saturated heterocycles. The Morgan fingerprint density at radius 2 is 1.52 bits per heavy atom. The van der Waals surface area contributed by atoms with Gasteiger partial charge < -0.3 is 31.3 Å². The molecule has 3 fully saturated rings. The van der Waals surface area contributed by atoms with Gasteiger partial charge in [0.15, 0.2) is 0 Å². The Kier molecular flexibility index (Phi) is 12.4. The van der Waals surface area contributed by atoms with Gasteiger partial charge in [0, 0.05) is 6.54 Å². The predicted octanol–water partition coefficient (Wildman–Crippen LogP) is 1.54. The second-order valence-corrected chi connectivity index (χ2v) is 12.2. The number of rotatable bonds is 11. The monoisotopic (exact) mass is 565 g/mol. The van der Waals surface area contributed by atoms with Crippen LogP contribution in [-0.2, 0) is 28.7 Å². The molecule has 1 aliphatic heterocycles. The standard InChI is InChI=1S/C24H39N5O7.C4H8/c1-13(2)36-17(30)12-26-23(35)28-19(24(3,4)5)22(34)29-10-6-7-16(29)21(33)27-15(11-14-8-9-14)18(31)20(25)32;1-2-4-3-1/h13-16,19H,6-12H2,1-5H3,(H2,25,32)(H,27,33)(H2,26,28,35);1-4H2/t15?,16-,19?;/m0./s1. The number of nitrogens with one attached hydrogen (secondary N) is 3. The molecule has 3 atom stereocenters. The molecule has 0 radical (unpaired) electrons. The lowest BCUT2D eigenvalue weighted by molar-refractivity contribution is -0.146. The van der Waals surface area contributed by atoms with E-state index in [0.717, 1.165) is 12.8 Å². The Labute approximate surface area is 236 Å². The van der Waals surface area contributed by atoms with E-state index in [9.17, 15) is 28.8 Å². The number of Topliss-reactive ketones (excluding diaryl/α,β-unsaturated/α-hetero) is 1. The first-order valence-electron chi connectivity index (χ1n) is 14.4. The Bertz CT molecular complexity index is 934. The Hall–Kier alpha value is -3.18. The van der Waals surface area contributed by atoms with Gasteiger partial charge in [0.25, 0.3) is 5.91 Å². The van der Waals surface area contributed by atoms with Crippen LogP contribution in [-0.4, -0.2) is 77.7 Å². The van der Waals surface area contributed by atoms with Crippen molar-refractivity contribution in [3.8, 4) is 0 Å². The van der Waals surface area contributed by atoms with Crippen molar-refractivity contribution in [2.75, 3.05) is 13.1 Å². The van der Waals surface area contributed by atoms with Gasteiger partial charge in [-0.1, -0.05) is 59.3 Å². The number of nitrogens with two attached hydrogens (primary N) is 1. The third kappa shape index (κ3) is 10.8. The van der Waals surface area contributed by atoms with E-state index >= 15 is 0 Å². The minimum absolute atomic E-state index is 0.255. The number of ketones is 1. The first-order valence-corrected chi connectivity index (χ1v) is 14.4. The smallest absolute Gasteiger partial charge is 0.325 e. The topological polar surface area (TPSA) is 177 Å². The van der Waals surface area contributed by atoms with Gasteiger partial charge in [-0.15, -0.1) is 0 Å². The SMILES string of the molecule is C1CCC1.CC(C)OC(=O)CNC(=O)NC(C(=O)N1CCC[C@H]1C(=O)NC(CC1CC1)C(=O)C(N)=O)C(C)(C)C.